The minimum atomic E-state index is -0.329. The molecule has 0 aromatic heterocycles. The average molecular weight is 114 g/mol. The maximum atomic E-state index is 9.75. The molecule has 0 aliphatic carbocycles. The summed E-state index contributed by atoms with van der Waals surface area (Å²) in [6, 6.07) is 0. The molecule has 0 aliphatic rings. The number of hydrogen-bond acceptors (Lipinski definition) is 2. The highest BCUT2D eigenvalue weighted by atomic mass is 28.1. The molecule has 0 saturated carbocycles. The molecule has 3 heteroatoms. The summed E-state index contributed by atoms with van der Waals surface area (Å²) in [5, 5.41) is 0. The van der Waals surface area contributed by atoms with Gasteiger partial charge >= 0.3 is 5.97 Å². The fraction of sp³-hybridized carbons (Fsp3) is 0.250. The third-order valence-corrected chi connectivity index (χ3v) is 0.249. The third kappa shape index (κ3) is 10.8. The number of ether oxygens (including phenoxy) is 1. The molecule has 0 heterocycles. The molecule has 0 atom stereocenters. The van der Waals surface area contributed by atoms with Gasteiger partial charge in [-0.1, -0.05) is 6.58 Å². The summed E-state index contributed by atoms with van der Waals surface area (Å²) < 4.78 is 4.17. The second-order valence-electron chi connectivity index (χ2n) is 0.776. The summed E-state index contributed by atoms with van der Waals surface area (Å²) >= 11 is 0. The van der Waals surface area contributed by atoms with Crippen LogP contribution < -0.4 is 0 Å². The van der Waals surface area contributed by atoms with Crippen LogP contribution in [-0.2, 0) is 9.53 Å². The van der Waals surface area contributed by atoms with Crippen molar-refractivity contribution in [2.75, 3.05) is 0 Å². The van der Waals surface area contributed by atoms with Crippen molar-refractivity contribution in [2.24, 2.45) is 0 Å². The Hall–Kier alpha value is -0.573. The first kappa shape index (κ1) is 9.66. The maximum absolute atomic E-state index is 9.75. The molecule has 7 heavy (non-hydrogen) atoms. The van der Waals surface area contributed by atoms with Crippen LogP contribution in [0.5, 0.6) is 0 Å². The number of carbonyl (C=O) groups is 1. The predicted molar refractivity (Wildman–Crippen MR) is 27.7 cm³/mol. The van der Waals surface area contributed by atoms with Crippen molar-refractivity contribution >= 4 is 16.9 Å². The van der Waals surface area contributed by atoms with Gasteiger partial charge in [-0.3, -0.25) is 4.79 Å². The smallest absolute Gasteiger partial charge is 0.307 e. The van der Waals surface area contributed by atoms with Gasteiger partial charge in [-0.25, -0.2) is 0 Å². The molecule has 0 aliphatic heterocycles. The van der Waals surface area contributed by atoms with E-state index in [4.69, 9.17) is 0 Å². The fourth-order valence-corrected chi connectivity index (χ4v) is 0.117. The molecular weight excluding hydrogens is 108 g/mol. The zero-order valence-electron chi connectivity index (χ0n) is 4.10. The van der Waals surface area contributed by atoms with Gasteiger partial charge in [0, 0.05) is 17.9 Å². The molecule has 0 amide bonds. The molecule has 38 valence electrons. The van der Waals surface area contributed by atoms with Gasteiger partial charge in [-0.2, -0.15) is 0 Å². The number of carbonyl (C=O) groups excluding carboxylic acids is 1. The van der Waals surface area contributed by atoms with E-state index in [1.807, 2.05) is 0 Å². The predicted octanol–water partition coefficient (Wildman–Crippen LogP) is 0.312. The summed E-state index contributed by atoms with van der Waals surface area (Å²) in [7, 11) is 0. The molecule has 0 saturated heterocycles. The van der Waals surface area contributed by atoms with Crippen LogP contribution in [0, 0.1) is 0 Å². The first-order valence-corrected chi connectivity index (χ1v) is 1.55. The van der Waals surface area contributed by atoms with Crippen LogP contribution in [0.1, 0.15) is 6.92 Å². The Kier molecular flexibility index (Phi) is 7.49. The topological polar surface area (TPSA) is 26.3 Å². The molecule has 0 rings (SSSR count). The summed E-state index contributed by atoms with van der Waals surface area (Å²) in [6.07, 6.45) is 1.10. The van der Waals surface area contributed by atoms with Gasteiger partial charge in [-0.15, -0.1) is 0 Å². The van der Waals surface area contributed by atoms with E-state index in [-0.39, 0.29) is 16.9 Å². The van der Waals surface area contributed by atoms with Crippen LogP contribution >= 0.6 is 0 Å². The summed E-state index contributed by atoms with van der Waals surface area (Å²) in [4.78, 5) is 9.75. The van der Waals surface area contributed by atoms with E-state index < -0.39 is 0 Å². The highest BCUT2D eigenvalue weighted by Crippen LogP contribution is 1.70. The number of hydrogen-bond donors (Lipinski definition) is 0. The lowest BCUT2D eigenvalue weighted by Crippen LogP contribution is -1.87. The SMILES string of the molecule is C=COC(C)=O.[Si]. The monoisotopic (exact) mass is 114 g/mol. The Morgan fingerprint density at radius 2 is 2.29 bits per heavy atom. The molecule has 0 aromatic carbocycles. The van der Waals surface area contributed by atoms with Crippen LogP contribution in [0.3, 0.4) is 0 Å². The minimum absolute atomic E-state index is 0. The Balaban J connectivity index is 0. The first-order chi connectivity index (χ1) is 2.77. The van der Waals surface area contributed by atoms with Gasteiger partial charge in [0.2, 0.25) is 0 Å². The maximum Gasteiger partial charge on any atom is 0.307 e. The van der Waals surface area contributed by atoms with Crippen LogP contribution in [0.2, 0.25) is 0 Å². The summed E-state index contributed by atoms with van der Waals surface area (Å²) in [5.41, 5.74) is 0. The molecule has 0 bridgehead atoms. The normalized spacial score (nSPS) is 5.86. The lowest BCUT2D eigenvalue weighted by molar-refractivity contribution is -0.135. The van der Waals surface area contributed by atoms with Crippen molar-refractivity contribution in [3.8, 4) is 0 Å². The lowest BCUT2D eigenvalue weighted by atomic mass is 10.8. The van der Waals surface area contributed by atoms with Gasteiger partial charge < -0.3 is 4.74 Å². The Morgan fingerprint density at radius 3 is 2.29 bits per heavy atom. The highest BCUT2D eigenvalue weighted by molar-refractivity contribution is 5.75. The van der Waals surface area contributed by atoms with Crippen molar-refractivity contribution in [3.05, 3.63) is 12.8 Å². The average Bonchev–Trinajstić information content (AvgIpc) is 1.35. The van der Waals surface area contributed by atoms with E-state index >= 15 is 0 Å². The Bertz CT molecular complexity index is 70.1. The molecule has 0 spiro atoms. The molecule has 2 nitrogen and oxygen atoms in total. The number of esters is 1. The molecule has 0 fully saturated rings. The molecule has 0 unspecified atom stereocenters. The van der Waals surface area contributed by atoms with Gasteiger partial charge in [0.05, 0.1) is 6.26 Å². The molecule has 4 radical (unpaired) electrons. The molecular formula is C4H6O2Si. The molecule has 0 N–H and O–H groups in total. The van der Waals surface area contributed by atoms with E-state index in [1.165, 1.54) is 6.92 Å². The standard InChI is InChI=1S/C4H6O2.Si/c1-3-6-4(2)5;/h3H,1H2,2H3;. The van der Waals surface area contributed by atoms with Crippen molar-refractivity contribution in [2.45, 2.75) is 6.92 Å². The van der Waals surface area contributed by atoms with Crippen molar-refractivity contribution in [3.63, 3.8) is 0 Å². The zero-order valence-corrected chi connectivity index (χ0v) is 5.10. The van der Waals surface area contributed by atoms with Gasteiger partial charge in [-0.05, 0) is 0 Å². The van der Waals surface area contributed by atoms with Crippen LogP contribution in [0.25, 0.3) is 0 Å². The van der Waals surface area contributed by atoms with E-state index in [2.05, 4.69) is 11.3 Å². The van der Waals surface area contributed by atoms with Crippen molar-refractivity contribution < 1.29 is 9.53 Å². The second-order valence-corrected chi connectivity index (χ2v) is 0.776. The van der Waals surface area contributed by atoms with Crippen LogP contribution in [0.15, 0.2) is 12.8 Å². The highest BCUT2D eigenvalue weighted by Gasteiger charge is 1.79. The fourth-order valence-electron chi connectivity index (χ4n) is 0.117. The Labute approximate surface area is 47.2 Å². The van der Waals surface area contributed by atoms with E-state index in [1.54, 1.807) is 0 Å². The minimum Gasteiger partial charge on any atom is -0.435 e. The van der Waals surface area contributed by atoms with E-state index in [0.717, 1.165) is 6.26 Å². The largest absolute Gasteiger partial charge is 0.435 e. The quantitative estimate of drug-likeness (QED) is 0.278. The second kappa shape index (κ2) is 5.43. The molecule has 0 aromatic rings. The summed E-state index contributed by atoms with van der Waals surface area (Å²) in [5.74, 6) is -0.329. The number of rotatable bonds is 1. The third-order valence-electron chi connectivity index (χ3n) is 0.249. The lowest BCUT2D eigenvalue weighted by Gasteiger charge is -1.83. The van der Waals surface area contributed by atoms with Crippen molar-refractivity contribution in [1.29, 1.82) is 0 Å². The van der Waals surface area contributed by atoms with E-state index in [0.29, 0.717) is 0 Å². The van der Waals surface area contributed by atoms with Crippen molar-refractivity contribution in [1.82, 2.24) is 0 Å². The Morgan fingerprint density at radius 1 is 1.86 bits per heavy atom. The van der Waals surface area contributed by atoms with Gasteiger partial charge in [0.25, 0.3) is 0 Å². The van der Waals surface area contributed by atoms with E-state index in [9.17, 15) is 4.79 Å². The van der Waals surface area contributed by atoms with Gasteiger partial charge in [0.15, 0.2) is 0 Å². The van der Waals surface area contributed by atoms with Gasteiger partial charge in [0.1, 0.15) is 0 Å². The summed E-state index contributed by atoms with van der Waals surface area (Å²) in [6.45, 7) is 4.48. The zero-order chi connectivity index (χ0) is 4.99. The van der Waals surface area contributed by atoms with Crippen LogP contribution in [-0.4, -0.2) is 16.9 Å². The first-order valence-electron chi connectivity index (χ1n) is 1.55. The van der Waals surface area contributed by atoms with Crippen LogP contribution in [0.4, 0.5) is 0 Å².